The van der Waals surface area contributed by atoms with Crippen LogP contribution in [0.15, 0.2) is 52.3 Å². The topological polar surface area (TPSA) is 57.5 Å². The number of halogens is 3. The number of hydrogen-bond donors (Lipinski definition) is 2. The normalized spacial score (nSPS) is 29.0. The summed E-state index contributed by atoms with van der Waals surface area (Å²) in [6, 6.07) is 0. The first-order valence-electron chi connectivity index (χ1n) is 7.69. The maximum absolute atomic E-state index is 12.9. The van der Waals surface area contributed by atoms with E-state index in [9.17, 15) is 13.2 Å². The molecule has 2 aliphatic carbocycles. The highest BCUT2D eigenvalue weighted by atomic mass is 19.4. The van der Waals surface area contributed by atoms with Crippen molar-refractivity contribution in [1.82, 2.24) is 5.32 Å². The van der Waals surface area contributed by atoms with E-state index in [4.69, 9.17) is 10.1 Å². The second-order valence-corrected chi connectivity index (χ2v) is 6.17. The van der Waals surface area contributed by atoms with Crippen LogP contribution in [0, 0.1) is 17.2 Å². The number of ether oxygens (including phenoxy) is 1. The first-order valence-corrected chi connectivity index (χ1v) is 7.69. The minimum Gasteiger partial charge on any atom is -0.470 e. The fourth-order valence-corrected chi connectivity index (χ4v) is 3.00. The average molecular weight is 337 g/mol. The number of allylic oxidation sites excluding steroid dienone is 4. The molecule has 7 heteroatoms. The molecule has 4 nitrogen and oxygen atoms in total. The Morgan fingerprint density at radius 3 is 2.83 bits per heavy atom. The van der Waals surface area contributed by atoms with E-state index in [2.05, 4.69) is 10.3 Å². The Bertz CT molecular complexity index is 713. The molecular formula is C17H18F3N3O. The van der Waals surface area contributed by atoms with Crippen molar-refractivity contribution < 1.29 is 17.9 Å². The molecule has 0 aromatic rings. The maximum atomic E-state index is 12.9. The molecular weight excluding hydrogens is 319 g/mol. The molecule has 128 valence electrons. The van der Waals surface area contributed by atoms with E-state index in [0.29, 0.717) is 17.4 Å². The van der Waals surface area contributed by atoms with E-state index in [1.54, 1.807) is 19.1 Å². The second kappa shape index (κ2) is 5.96. The Kier molecular flexibility index (Phi) is 4.11. The second-order valence-electron chi connectivity index (χ2n) is 6.17. The maximum Gasteiger partial charge on any atom is 0.412 e. The summed E-state index contributed by atoms with van der Waals surface area (Å²) < 4.78 is 44.5. The summed E-state index contributed by atoms with van der Waals surface area (Å²) in [7, 11) is 0. The summed E-state index contributed by atoms with van der Waals surface area (Å²) >= 11 is 0. The standard InChI is InChI=1S/C17H18F3N3O/c1-9-6-13(22-10(2)21)8-14-15(9)24-16(23-14)11-4-3-5-12(7-11)17(18,19)20/h3-6,8-9,11,15H,7H2,1-2H3,(H2,21,22). The van der Waals surface area contributed by atoms with Gasteiger partial charge in [0.15, 0.2) is 5.90 Å². The van der Waals surface area contributed by atoms with Crippen LogP contribution in [-0.2, 0) is 4.74 Å². The van der Waals surface area contributed by atoms with Crippen LogP contribution in [0.1, 0.15) is 20.3 Å². The van der Waals surface area contributed by atoms with Gasteiger partial charge in [-0.15, -0.1) is 0 Å². The van der Waals surface area contributed by atoms with Gasteiger partial charge in [0.05, 0.1) is 17.5 Å². The molecule has 0 aromatic heterocycles. The van der Waals surface area contributed by atoms with Crippen LogP contribution in [0.3, 0.4) is 0 Å². The lowest BCUT2D eigenvalue weighted by molar-refractivity contribution is -0.0946. The number of alkyl halides is 3. The van der Waals surface area contributed by atoms with Crippen molar-refractivity contribution in [2.45, 2.75) is 32.5 Å². The number of fused-ring (bicyclic) bond motifs is 1. The van der Waals surface area contributed by atoms with Crippen molar-refractivity contribution in [2.75, 3.05) is 0 Å². The highest BCUT2D eigenvalue weighted by Gasteiger charge is 2.40. The molecule has 0 fully saturated rings. The highest BCUT2D eigenvalue weighted by molar-refractivity contribution is 5.85. The van der Waals surface area contributed by atoms with E-state index in [0.717, 1.165) is 11.8 Å². The molecule has 1 aliphatic heterocycles. The first-order chi connectivity index (χ1) is 11.2. The van der Waals surface area contributed by atoms with Crippen molar-refractivity contribution >= 4 is 11.7 Å². The summed E-state index contributed by atoms with van der Waals surface area (Å²) in [5.74, 6) is 0.136. The van der Waals surface area contributed by atoms with E-state index in [1.165, 1.54) is 6.08 Å². The lowest BCUT2D eigenvalue weighted by Crippen LogP contribution is -2.28. The largest absolute Gasteiger partial charge is 0.470 e. The van der Waals surface area contributed by atoms with Crippen LogP contribution in [0.2, 0.25) is 0 Å². The molecule has 0 bridgehead atoms. The molecule has 3 rings (SSSR count). The smallest absolute Gasteiger partial charge is 0.412 e. The Labute approximate surface area is 138 Å². The molecule has 0 spiro atoms. The molecule has 3 atom stereocenters. The molecule has 3 unspecified atom stereocenters. The molecule has 24 heavy (non-hydrogen) atoms. The number of rotatable bonds is 2. The number of nitrogens with one attached hydrogen (secondary N) is 2. The Balaban J connectivity index is 1.79. The zero-order valence-electron chi connectivity index (χ0n) is 13.3. The van der Waals surface area contributed by atoms with Crippen molar-refractivity contribution in [3.8, 4) is 0 Å². The summed E-state index contributed by atoms with van der Waals surface area (Å²) in [5.41, 5.74) is 0.864. The van der Waals surface area contributed by atoms with Crippen molar-refractivity contribution in [3.63, 3.8) is 0 Å². The highest BCUT2D eigenvalue weighted by Crippen LogP contribution is 2.37. The molecule has 0 saturated carbocycles. The van der Waals surface area contributed by atoms with Crippen LogP contribution >= 0.6 is 0 Å². The van der Waals surface area contributed by atoms with E-state index in [-0.39, 0.29) is 18.4 Å². The SMILES string of the molecule is CC(=N)NC1=CC(C)C2OC(C3C=CC=C(C(F)(F)F)C3)=NC2=C1. The Morgan fingerprint density at radius 1 is 1.42 bits per heavy atom. The zero-order valence-corrected chi connectivity index (χ0v) is 13.3. The molecule has 0 saturated heterocycles. The number of hydrogen-bond acceptors (Lipinski definition) is 3. The van der Waals surface area contributed by atoms with Crippen LogP contribution < -0.4 is 5.32 Å². The third kappa shape index (κ3) is 3.29. The van der Waals surface area contributed by atoms with Gasteiger partial charge in [-0.1, -0.05) is 31.2 Å². The molecule has 3 aliphatic rings. The Hall–Kier alpha value is -2.31. The Morgan fingerprint density at radius 2 is 2.17 bits per heavy atom. The summed E-state index contributed by atoms with van der Waals surface area (Å²) in [4.78, 5) is 4.42. The third-order valence-corrected chi connectivity index (χ3v) is 4.10. The lowest BCUT2D eigenvalue weighted by atomic mass is 9.93. The molecule has 0 radical (unpaired) electrons. The van der Waals surface area contributed by atoms with Crippen molar-refractivity contribution in [3.05, 3.63) is 47.3 Å². The zero-order chi connectivity index (χ0) is 17.5. The molecule has 0 amide bonds. The quantitative estimate of drug-likeness (QED) is 0.594. The van der Waals surface area contributed by atoms with Gasteiger partial charge >= 0.3 is 6.18 Å². The van der Waals surface area contributed by atoms with Crippen molar-refractivity contribution in [2.24, 2.45) is 16.8 Å². The third-order valence-electron chi connectivity index (χ3n) is 4.10. The van der Waals surface area contributed by atoms with Crippen molar-refractivity contribution in [1.29, 1.82) is 5.41 Å². The van der Waals surface area contributed by atoms with Gasteiger partial charge in [0, 0.05) is 17.2 Å². The van der Waals surface area contributed by atoms with Crippen LogP contribution in [0.5, 0.6) is 0 Å². The number of nitrogens with zero attached hydrogens (tertiary/aromatic N) is 1. The van der Waals surface area contributed by atoms with Crippen LogP contribution in [0.4, 0.5) is 13.2 Å². The molecule has 0 aromatic carbocycles. The monoisotopic (exact) mass is 337 g/mol. The number of amidine groups is 1. The fourth-order valence-electron chi connectivity index (χ4n) is 3.00. The van der Waals surface area contributed by atoms with Crippen LogP contribution in [0.25, 0.3) is 0 Å². The summed E-state index contributed by atoms with van der Waals surface area (Å²) in [6.07, 6.45) is 3.12. The predicted octanol–water partition coefficient (Wildman–Crippen LogP) is 3.85. The van der Waals surface area contributed by atoms with Gasteiger partial charge in [0.25, 0.3) is 0 Å². The number of aliphatic imine (C=N–C) groups is 1. The fraction of sp³-hybridized carbons (Fsp3) is 0.412. The average Bonchev–Trinajstić information content (AvgIpc) is 2.90. The molecule has 1 heterocycles. The van der Waals surface area contributed by atoms with Gasteiger partial charge in [-0.05, 0) is 19.4 Å². The van der Waals surface area contributed by atoms with Gasteiger partial charge < -0.3 is 10.1 Å². The van der Waals surface area contributed by atoms with E-state index in [1.807, 2.05) is 13.0 Å². The van der Waals surface area contributed by atoms with Gasteiger partial charge in [0.1, 0.15) is 6.10 Å². The summed E-state index contributed by atoms with van der Waals surface area (Å²) in [6.45, 7) is 3.59. The predicted molar refractivity (Wildman–Crippen MR) is 85.6 cm³/mol. The van der Waals surface area contributed by atoms with Gasteiger partial charge in [-0.25, -0.2) is 4.99 Å². The van der Waals surface area contributed by atoms with Gasteiger partial charge in [-0.3, -0.25) is 5.41 Å². The van der Waals surface area contributed by atoms with Gasteiger partial charge in [-0.2, -0.15) is 13.2 Å². The first kappa shape index (κ1) is 16.5. The minimum atomic E-state index is -4.33. The minimum absolute atomic E-state index is 0.0123. The van der Waals surface area contributed by atoms with Crippen LogP contribution in [-0.4, -0.2) is 24.0 Å². The molecule has 2 N–H and O–H groups in total. The van der Waals surface area contributed by atoms with E-state index >= 15 is 0 Å². The lowest BCUT2D eigenvalue weighted by Gasteiger charge is -2.24. The van der Waals surface area contributed by atoms with Gasteiger partial charge in [0.2, 0.25) is 0 Å². The summed E-state index contributed by atoms with van der Waals surface area (Å²) in [5, 5.41) is 10.4. The van der Waals surface area contributed by atoms with E-state index < -0.39 is 17.7 Å².